The molecule has 1 aliphatic rings. The molecule has 0 aromatic carbocycles. The van der Waals surface area contributed by atoms with Crippen LogP contribution in [-0.4, -0.2) is 113 Å². The number of pyridine rings is 1. The van der Waals surface area contributed by atoms with Crippen LogP contribution >= 0.6 is 0 Å². The van der Waals surface area contributed by atoms with Crippen molar-refractivity contribution in [2.45, 2.75) is 70.9 Å². The minimum absolute atomic E-state index is 0.0104. The molecular weight excluding hydrogens is 570 g/mol. The molecule has 1 atom stereocenters. The van der Waals surface area contributed by atoms with E-state index in [1.807, 2.05) is 6.20 Å². The number of amides is 2. The normalized spacial score (nSPS) is 15.2. The van der Waals surface area contributed by atoms with Gasteiger partial charge in [0.1, 0.15) is 31.2 Å². The Hall–Kier alpha value is -2.84. The summed E-state index contributed by atoms with van der Waals surface area (Å²) in [6, 6.07) is 2.56. The molecule has 13 heteroatoms. The maximum atomic E-state index is 11.7. The van der Waals surface area contributed by atoms with E-state index >= 15 is 0 Å². The van der Waals surface area contributed by atoms with Crippen LogP contribution in [0.1, 0.15) is 70.9 Å². The van der Waals surface area contributed by atoms with Gasteiger partial charge < -0.3 is 34.3 Å². The Kier molecular flexibility index (Phi) is 18.5. The Morgan fingerprint density at radius 1 is 0.932 bits per heavy atom. The monoisotopic (exact) mass is 623 g/mol. The van der Waals surface area contributed by atoms with Crippen molar-refractivity contribution in [1.29, 1.82) is 0 Å². The van der Waals surface area contributed by atoms with E-state index in [2.05, 4.69) is 38.9 Å². The summed E-state index contributed by atoms with van der Waals surface area (Å²) in [6.45, 7) is 11.0. The average Bonchev–Trinajstić information content (AvgIpc) is 3.39. The highest BCUT2D eigenvalue weighted by Gasteiger charge is 2.23. The number of nitrogens with zero attached hydrogens (tertiary/aromatic N) is 2. The van der Waals surface area contributed by atoms with Crippen LogP contribution in [0.25, 0.3) is 0 Å². The second-order valence-corrected chi connectivity index (χ2v) is 11.7. The van der Waals surface area contributed by atoms with Gasteiger partial charge in [0.2, 0.25) is 5.91 Å². The van der Waals surface area contributed by atoms with Gasteiger partial charge in [-0.05, 0) is 97.7 Å². The highest BCUT2D eigenvalue weighted by molar-refractivity contribution is 5.91. The smallest absolute Gasteiger partial charge is 0.414 e. The number of likely N-dealkylation sites (tertiary alicyclic amines) is 1. The number of carbonyl (C=O) groups excluding carboxylic acids is 3. The van der Waals surface area contributed by atoms with Crippen molar-refractivity contribution in [3.8, 4) is 5.75 Å². The molecule has 1 aromatic heterocycles. The lowest BCUT2D eigenvalue weighted by atomic mass is 10.1. The largest absolute Gasteiger partial charge is 0.491 e. The van der Waals surface area contributed by atoms with Crippen molar-refractivity contribution in [3.63, 3.8) is 0 Å². The molecule has 0 bridgehead atoms. The van der Waals surface area contributed by atoms with Gasteiger partial charge in [-0.2, -0.15) is 0 Å². The molecule has 250 valence electrons. The number of carbonyl (C=O) groups is 3. The second-order valence-electron chi connectivity index (χ2n) is 11.7. The van der Waals surface area contributed by atoms with Gasteiger partial charge in [-0.3, -0.25) is 20.0 Å². The van der Waals surface area contributed by atoms with Crippen LogP contribution in [0.5, 0.6) is 5.75 Å². The van der Waals surface area contributed by atoms with Gasteiger partial charge in [-0.1, -0.05) is 0 Å². The molecule has 3 N–H and O–H groups in total. The number of hydrogen-bond donors (Lipinski definition) is 3. The third-order valence-electron chi connectivity index (χ3n) is 6.61. The molecule has 1 aliphatic heterocycles. The fourth-order valence-corrected chi connectivity index (χ4v) is 4.48. The van der Waals surface area contributed by atoms with Crippen molar-refractivity contribution in [2.75, 3.05) is 79.4 Å². The first kappa shape index (κ1) is 37.3. The summed E-state index contributed by atoms with van der Waals surface area (Å²) in [6.07, 6.45) is 8.26. The van der Waals surface area contributed by atoms with E-state index in [-0.39, 0.29) is 32.8 Å². The summed E-state index contributed by atoms with van der Waals surface area (Å²) in [5, 5.41) is 8.92. The number of nitrogens with one attached hydrogen (secondary N) is 3. The predicted molar refractivity (Wildman–Crippen MR) is 166 cm³/mol. The minimum atomic E-state index is -0.795. The number of hydrogen-bond acceptors (Lipinski definition) is 12. The van der Waals surface area contributed by atoms with Crippen molar-refractivity contribution >= 4 is 18.0 Å². The van der Waals surface area contributed by atoms with Gasteiger partial charge in [-0.15, -0.1) is 0 Å². The van der Waals surface area contributed by atoms with Crippen LogP contribution in [-0.2, 0) is 28.5 Å². The zero-order chi connectivity index (χ0) is 32.0. The molecular formula is C31H53N5O8. The first-order chi connectivity index (χ1) is 21.1. The van der Waals surface area contributed by atoms with E-state index in [0.717, 1.165) is 57.7 Å². The summed E-state index contributed by atoms with van der Waals surface area (Å²) in [5.74, 6) is -0.140. The highest BCUT2D eigenvalue weighted by Crippen LogP contribution is 2.31. The Bertz CT molecular complexity index is 975. The van der Waals surface area contributed by atoms with Gasteiger partial charge in [-0.25, -0.2) is 9.59 Å². The lowest BCUT2D eigenvalue weighted by Crippen LogP contribution is -2.36. The first-order valence-electron chi connectivity index (χ1n) is 15.7. The molecule has 0 saturated carbocycles. The summed E-state index contributed by atoms with van der Waals surface area (Å²) in [7, 11) is 2.16. The molecule has 2 amide bonds. The van der Waals surface area contributed by atoms with Gasteiger partial charge in [0.15, 0.2) is 0 Å². The van der Waals surface area contributed by atoms with Gasteiger partial charge in [0.05, 0.1) is 25.8 Å². The fourth-order valence-electron chi connectivity index (χ4n) is 4.48. The molecule has 0 spiro atoms. The third-order valence-corrected chi connectivity index (χ3v) is 6.61. The van der Waals surface area contributed by atoms with Gasteiger partial charge in [0, 0.05) is 25.4 Å². The summed E-state index contributed by atoms with van der Waals surface area (Å²) < 4.78 is 26.5. The number of aromatic nitrogens is 1. The van der Waals surface area contributed by atoms with Crippen LogP contribution in [0, 0.1) is 0 Å². The number of unbranched alkanes of at least 4 members (excludes halogenated alkanes) is 1. The standard InChI is InChI=1S/C31H53N5O8/c1-31(2,3)44-30(39)35-28(37)10-17-40-19-20-43-29(38)24-41-16-8-13-32-11-5-6-12-33-14-18-42-26-21-25(22-34-23-26)27-9-7-15-36(27)4/h21-23,27,32-33H,5-20,24H2,1-4H3,(H,35,37,39)/t27-/m0/s1. The van der Waals surface area contributed by atoms with Crippen molar-refractivity contribution < 1.29 is 38.1 Å². The average molecular weight is 624 g/mol. The van der Waals surface area contributed by atoms with E-state index < -0.39 is 23.6 Å². The molecule has 2 rings (SSSR count). The van der Waals surface area contributed by atoms with Crippen LogP contribution in [0.2, 0.25) is 0 Å². The second kappa shape index (κ2) is 21.8. The zero-order valence-electron chi connectivity index (χ0n) is 27.0. The number of ether oxygens (including phenoxy) is 5. The molecule has 13 nitrogen and oxygen atoms in total. The van der Waals surface area contributed by atoms with E-state index in [0.29, 0.717) is 19.3 Å². The topological polar surface area (TPSA) is 150 Å². The highest BCUT2D eigenvalue weighted by atomic mass is 16.6. The van der Waals surface area contributed by atoms with E-state index in [1.165, 1.54) is 18.4 Å². The third kappa shape index (κ3) is 18.1. The Morgan fingerprint density at radius 2 is 1.68 bits per heavy atom. The molecule has 1 saturated heterocycles. The molecule has 1 fully saturated rings. The van der Waals surface area contributed by atoms with Gasteiger partial charge >= 0.3 is 12.1 Å². The Balaban J connectivity index is 1.31. The number of alkyl carbamates (subject to hydrolysis) is 1. The molecule has 0 unspecified atom stereocenters. The van der Waals surface area contributed by atoms with Crippen LogP contribution in [0.15, 0.2) is 18.5 Å². The predicted octanol–water partition coefficient (Wildman–Crippen LogP) is 2.59. The Labute approximate surface area is 262 Å². The molecule has 44 heavy (non-hydrogen) atoms. The maximum absolute atomic E-state index is 11.7. The minimum Gasteiger partial charge on any atom is -0.491 e. The first-order valence-corrected chi connectivity index (χ1v) is 15.7. The molecule has 0 aliphatic carbocycles. The van der Waals surface area contributed by atoms with Crippen molar-refractivity contribution in [2.24, 2.45) is 0 Å². The Morgan fingerprint density at radius 3 is 2.41 bits per heavy atom. The van der Waals surface area contributed by atoms with E-state index in [9.17, 15) is 14.4 Å². The lowest BCUT2D eigenvalue weighted by Gasteiger charge is -2.19. The molecule has 0 radical (unpaired) electrons. The molecule has 1 aromatic rings. The lowest BCUT2D eigenvalue weighted by molar-refractivity contribution is -0.150. The maximum Gasteiger partial charge on any atom is 0.414 e. The zero-order valence-corrected chi connectivity index (χ0v) is 27.0. The molecule has 2 heterocycles. The fraction of sp³-hybridized carbons (Fsp3) is 0.742. The van der Waals surface area contributed by atoms with Crippen LogP contribution in [0.3, 0.4) is 0 Å². The summed E-state index contributed by atoms with van der Waals surface area (Å²) in [4.78, 5) is 41.6. The number of rotatable bonds is 22. The SMILES string of the molecule is CN1CCC[C@H]1c1cncc(OCCNCCCCNCCCOCC(=O)OCCOCCC(=O)NC(=O)OC(C)(C)C)c1. The van der Waals surface area contributed by atoms with Crippen molar-refractivity contribution in [1.82, 2.24) is 25.8 Å². The van der Waals surface area contributed by atoms with Crippen LogP contribution in [0.4, 0.5) is 4.79 Å². The van der Waals surface area contributed by atoms with E-state index in [1.54, 1.807) is 27.0 Å². The van der Waals surface area contributed by atoms with E-state index in [4.69, 9.17) is 23.7 Å². The van der Waals surface area contributed by atoms with Gasteiger partial charge in [0.25, 0.3) is 0 Å². The summed E-state index contributed by atoms with van der Waals surface area (Å²) >= 11 is 0. The quantitative estimate of drug-likeness (QED) is 0.129. The number of imide groups is 1. The number of esters is 1. The summed E-state index contributed by atoms with van der Waals surface area (Å²) in [5.41, 5.74) is 0.552. The van der Waals surface area contributed by atoms with Crippen LogP contribution < -0.4 is 20.7 Å². The van der Waals surface area contributed by atoms with Crippen molar-refractivity contribution in [3.05, 3.63) is 24.0 Å².